The summed E-state index contributed by atoms with van der Waals surface area (Å²) in [7, 11) is 0. The Kier molecular flexibility index (Phi) is 4.18. The molecule has 1 atom stereocenters. The topological polar surface area (TPSA) is 60.8 Å². The highest BCUT2D eigenvalue weighted by Gasteiger charge is 2.23. The van der Waals surface area contributed by atoms with Gasteiger partial charge in [0, 0.05) is 12.6 Å². The van der Waals surface area contributed by atoms with Crippen LogP contribution in [0.4, 0.5) is 0 Å². The maximum atomic E-state index is 10.5. The van der Waals surface area contributed by atoms with E-state index in [1.54, 1.807) is 0 Å². The molecule has 4 nitrogen and oxygen atoms in total. The van der Waals surface area contributed by atoms with Crippen LogP contribution in [0.3, 0.4) is 0 Å². The molecular weight excluding hydrogens is 170 g/mol. The second-order valence-electron chi connectivity index (χ2n) is 3.53. The van der Waals surface area contributed by atoms with Crippen LogP contribution in [0.1, 0.15) is 25.7 Å². The number of carboxylic acid groups (broad SMARTS) is 1. The third-order valence-corrected chi connectivity index (χ3v) is 2.55. The van der Waals surface area contributed by atoms with Crippen molar-refractivity contribution in [2.24, 2.45) is 0 Å². The van der Waals surface area contributed by atoms with Gasteiger partial charge in [-0.1, -0.05) is 6.42 Å². The molecule has 1 aliphatic rings. The van der Waals surface area contributed by atoms with Crippen molar-refractivity contribution in [2.75, 3.05) is 19.7 Å². The zero-order chi connectivity index (χ0) is 9.68. The quantitative estimate of drug-likeness (QED) is 0.665. The number of carbonyl (C=O) groups is 1. The van der Waals surface area contributed by atoms with Gasteiger partial charge in [-0.15, -0.1) is 0 Å². The van der Waals surface area contributed by atoms with Gasteiger partial charge in [0.2, 0.25) is 0 Å². The fraction of sp³-hybridized carbons (Fsp3) is 0.889. The fourth-order valence-electron chi connectivity index (χ4n) is 1.92. The first kappa shape index (κ1) is 10.5. The molecule has 0 amide bonds. The zero-order valence-electron chi connectivity index (χ0n) is 7.78. The Morgan fingerprint density at radius 2 is 2.23 bits per heavy atom. The van der Waals surface area contributed by atoms with Crippen molar-refractivity contribution in [3.63, 3.8) is 0 Å². The largest absolute Gasteiger partial charge is 0.480 e. The van der Waals surface area contributed by atoms with Gasteiger partial charge in [0.25, 0.3) is 0 Å². The molecule has 0 aromatic heterocycles. The first-order valence-electron chi connectivity index (χ1n) is 4.80. The summed E-state index contributed by atoms with van der Waals surface area (Å²) in [4.78, 5) is 12.5. The van der Waals surface area contributed by atoms with Crippen LogP contribution in [0, 0.1) is 0 Å². The molecule has 76 valence electrons. The summed E-state index contributed by atoms with van der Waals surface area (Å²) in [5, 5.41) is 17.4. The summed E-state index contributed by atoms with van der Waals surface area (Å²) >= 11 is 0. The van der Waals surface area contributed by atoms with E-state index in [9.17, 15) is 4.79 Å². The minimum Gasteiger partial charge on any atom is -0.480 e. The third-order valence-electron chi connectivity index (χ3n) is 2.55. The molecule has 0 unspecified atom stereocenters. The fourth-order valence-corrected chi connectivity index (χ4v) is 1.92. The summed E-state index contributed by atoms with van der Waals surface area (Å²) in [5.41, 5.74) is 0. The van der Waals surface area contributed by atoms with Gasteiger partial charge in [0.1, 0.15) is 0 Å². The number of carboxylic acids is 1. The Labute approximate surface area is 78.2 Å². The Hall–Kier alpha value is -0.610. The summed E-state index contributed by atoms with van der Waals surface area (Å²) in [5.74, 6) is -0.773. The number of hydrogen-bond donors (Lipinski definition) is 2. The predicted molar refractivity (Wildman–Crippen MR) is 48.6 cm³/mol. The van der Waals surface area contributed by atoms with Crippen LogP contribution in [0.25, 0.3) is 0 Å². The molecule has 0 aliphatic carbocycles. The van der Waals surface area contributed by atoms with Crippen molar-refractivity contribution in [1.29, 1.82) is 0 Å². The van der Waals surface area contributed by atoms with Gasteiger partial charge in [0.05, 0.1) is 6.54 Å². The van der Waals surface area contributed by atoms with E-state index in [2.05, 4.69) is 0 Å². The van der Waals surface area contributed by atoms with Crippen LogP contribution in [-0.4, -0.2) is 46.8 Å². The van der Waals surface area contributed by atoms with Gasteiger partial charge < -0.3 is 10.2 Å². The monoisotopic (exact) mass is 187 g/mol. The van der Waals surface area contributed by atoms with Gasteiger partial charge in [-0.05, 0) is 25.8 Å². The Bertz CT molecular complexity index is 170. The first-order chi connectivity index (χ1) is 6.24. The van der Waals surface area contributed by atoms with Crippen LogP contribution >= 0.6 is 0 Å². The van der Waals surface area contributed by atoms with E-state index in [0.717, 1.165) is 25.8 Å². The highest BCUT2D eigenvalue weighted by atomic mass is 16.4. The second-order valence-corrected chi connectivity index (χ2v) is 3.53. The maximum Gasteiger partial charge on any atom is 0.317 e. The predicted octanol–water partition coefficient (Wildman–Crippen LogP) is 0.308. The smallest absolute Gasteiger partial charge is 0.317 e. The number of aliphatic hydroxyl groups excluding tert-OH is 1. The molecule has 0 saturated carbocycles. The summed E-state index contributed by atoms with van der Waals surface area (Å²) in [6, 6.07) is 0.273. The molecule has 0 aromatic carbocycles. The Morgan fingerprint density at radius 1 is 1.46 bits per heavy atom. The van der Waals surface area contributed by atoms with Crippen molar-refractivity contribution in [3.8, 4) is 0 Å². The van der Waals surface area contributed by atoms with Crippen molar-refractivity contribution in [1.82, 2.24) is 4.90 Å². The number of aliphatic carboxylic acids is 1. The van der Waals surface area contributed by atoms with E-state index in [-0.39, 0.29) is 19.2 Å². The summed E-state index contributed by atoms with van der Waals surface area (Å²) < 4.78 is 0. The molecule has 13 heavy (non-hydrogen) atoms. The molecule has 1 aliphatic heterocycles. The van der Waals surface area contributed by atoms with E-state index >= 15 is 0 Å². The van der Waals surface area contributed by atoms with Crippen LogP contribution in [0.5, 0.6) is 0 Å². The van der Waals surface area contributed by atoms with E-state index in [1.807, 2.05) is 4.90 Å². The summed E-state index contributed by atoms with van der Waals surface area (Å²) in [6.07, 6.45) is 3.96. The molecule has 0 radical (unpaired) electrons. The Balaban J connectivity index is 2.41. The van der Waals surface area contributed by atoms with Crippen molar-refractivity contribution < 1.29 is 15.0 Å². The van der Waals surface area contributed by atoms with E-state index in [4.69, 9.17) is 10.2 Å². The zero-order valence-corrected chi connectivity index (χ0v) is 7.78. The molecule has 1 heterocycles. The number of nitrogens with zero attached hydrogens (tertiary/aromatic N) is 1. The molecule has 0 aromatic rings. The summed E-state index contributed by atoms with van der Waals surface area (Å²) in [6.45, 7) is 1.13. The number of rotatable bonds is 4. The van der Waals surface area contributed by atoms with Crippen molar-refractivity contribution >= 4 is 5.97 Å². The standard InChI is InChI=1S/C9H17NO3/c11-6-4-8-3-1-2-5-10(8)7-9(12)13/h8,11H,1-7H2,(H,12,13)/t8-/m1/s1. The van der Waals surface area contributed by atoms with Crippen molar-refractivity contribution in [3.05, 3.63) is 0 Å². The van der Waals surface area contributed by atoms with Gasteiger partial charge in [0.15, 0.2) is 0 Å². The number of piperidine rings is 1. The number of aliphatic hydroxyl groups is 1. The molecule has 1 rings (SSSR count). The molecule has 2 N–H and O–H groups in total. The molecule has 4 heteroatoms. The lowest BCUT2D eigenvalue weighted by Gasteiger charge is -2.34. The Morgan fingerprint density at radius 3 is 2.85 bits per heavy atom. The first-order valence-corrected chi connectivity index (χ1v) is 4.80. The second kappa shape index (κ2) is 5.19. The van der Waals surface area contributed by atoms with Crippen LogP contribution in [-0.2, 0) is 4.79 Å². The lowest BCUT2D eigenvalue weighted by Crippen LogP contribution is -2.42. The molecule has 1 fully saturated rings. The minimum atomic E-state index is -0.773. The van der Waals surface area contributed by atoms with E-state index in [0.29, 0.717) is 6.42 Å². The normalized spacial score (nSPS) is 24.5. The average Bonchev–Trinajstić information content (AvgIpc) is 2.08. The van der Waals surface area contributed by atoms with Crippen LogP contribution in [0.2, 0.25) is 0 Å². The molecular formula is C9H17NO3. The van der Waals surface area contributed by atoms with Gasteiger partial charge in [-0.3, -0.25) is 9.69 Å². The minimum absolute atomic E-state index is 0.116. The van der Waals surface area contributed by atoms with Crippen LogP contribution in [0.15, 0.2) is 0 Å². The highest BCUT2D eigenvalue weighted by Crippen LogP contribution is 2.18. The molecule has 0 bridgehead atoms. The highest BCUT2D eigenvalue weighted by molar-refractivity contribution is 5.69. The number of hydrogen-bond acceptors (Lipinski definition) is 3. The van der Waals surface area contributed by atoms with Crippen LogP contribution < -0.4 is 0 Å². The lowest BCUT2D eigenvalue weighted by atomic mass is 10.00. The third kappa shape index (κ3) is 3.32. The van der Waals surface area contributed by atoms with E-state index < -0.39 is 5.97 Å². The molecule has 0 spiro atoms. The average molecular weight is 187 g/mol. The number of likely N-dealkylation sites (tertiary alicyclic amines) is 1. The van der Waals surface area contributed by atoms with Gasteiger partial charge >= 0.3 is 5.97 Å². The van der Waals surface area contributed by atoms with Crippen molar-refractivity contribution in [2.45, 2.75) is 31.7 Å². The SMILES string of the molecule is O=C(O)CN1CCCC[C@@H]1CCO. The van der Waals surface area contributed by atoms with Gasteiger partial charge in [-0.2, -0.15) is 0 Å². The van der Waals surface area contributed by atoms with E-state index in [1.165, 1.54) is 0 Å². The lowest BCUT2D eigenvalue weighted by molar-refractivity contribution is -0.139. The van der Waals surface area contributed by atoms with Gasteiger partial charge in [-0.25, -0.2) is 0 Å². The molecule has 1 saturated heterocycles. The maximum absolute atomic E-state index is 10.5.